The van der Waals surface area contributed by atoms with Crippen molar-refractivity contribution in [3.63, 3.8) is 0 Å². The Hall–Kier alpha value is -2.60. The van der Waals surface area contributed by atoms with Crippen LogP contribution in [0, 0.1) is 17.8 Å². The van der Waals surface area contributed by atoms with Crippen LogP contribution in [0.3, 0.4) is 0 Å². The van der Waals surface area contributed by atoms with Crippen LogP contribution in [0.2, 0.25) is 0 Å². The predicted molar refractivity (Wildman–Crippen MR) is 138 cm³/mol. The predicted octanol–water partition coefficient (Wildman–Crippen LogP) is 8.09. The van der Waals surface area contributed by atoms with Gasteiger partial charge in [-0.15, -0.1) is 6.58 Å². The Morgan fingerprint density at radius 3 is 2.25 bits per heavy atom. The number of hydrogen-bond donors (Lipinski definition) is 1. The largest absolute Gasteiger partial charge is 0.481 e. The van der Waals surface area contributed by atoms with Gasteiger partial charge < -0.3 is 5.11 Å². The SMILES string of the molecule is C=CCc1ccc([C@@H](CCC(C)C)N2CC[C@@H](C(C)C(=O)O)C[C@H]2c2ccc(C(F)(F)F)cc2)cc1. The lowest BCUT2D eigenvalue weighted by Crippen LogP contribution is -2.42. The van der Waals surface area contributed by atoms with E-state index in [2.05, 4.69) is 49.6 Å². The number of carbonyl (C=O) groups is 1. The third-order valence-electron chi connectivity index (χ3n) is 7.57. The summed E-state index contributed by atoms with van der Waals surface area (Å²) in [6.07, 6.45) is 1.57. The number of aliphatic carboxylic acids is 1. The molecular weight excluding hydrogens is 463 g/mol. The minimum absolute atomic E-state index is 0.0354. The molecule has 1 aliphatic rings. The average Bonchev–Trinajstić information content (AvgIpc) is 2.84. The Morgan fingerprint density at radius 1 is 1.08 bits per heavy atom. The van der Waals surface area contributed by atoms with Gasteiger partial charge >= 0.3 is 12.1 Å². The molecule has 1 fully saturated rings. The number of halogens is 3. The lowest BCUT2D eigenvalue weighted by Gasteiger charge is -2.45. The first-order valence-corrected chi connectivity index (χ1v) is 12.9. The smallest absolute Gasteiger partial charge is 0.416 e. The van der Waals surface area contributed by atoms with Crippen LogP contribution in [0.4, 0.5) is 13.2 Å². The number of hydrogen-bond acceptors (Lipinski definition) is 2. The highest BCUT2D eigenvalue weighted by molar-refractivity contribution is 5.69. The first-order chi connectivity index (χ1) is 17.0. The van der Waals surface area contributed by atoms with Gasteiger partial charge in [-0.05, 0) is 79.3 Å². The summed E-state index contributed by atoms with van der Waals surface area (Å²) in [4.78, 5) is 14.2. The molecule has 0 bridgehead atoms. The summed E-state index contributed by atoms with van der Waals surface area (Å²) in [6, 6.07) is 13.9. The van der Waals surface area contributed by atoms with Crippen molar-refractivity contribution < 1.29 is 23.1 Å². The van der Waals surface area contributed by atoms with Gasteiger partial charge in [-0.1, -0.05) is 63.2 Å². The normalized spacial score (nSPS) is 20.8. The molecule has 0 amide bonds. The van der Waals surface area contributed by atoms with Gasteiger partial charge in [0.25, 0.3) is 0 Å². The Bertz CT molecular complexity index is 998. The zero-order valence-electron chi connectivity index (χ0n) is 21.5. The Balaban J connectivity index is 1.99. The first-order valence-electron chi connectivity index (χ1n) is 12.9. The Morgan fingerprint density at radius 2 is 1.72 bits per heavy atom. The quantitative estimate of drug-likeness (QED) is 0.335. The number of allylic oxidation sites excluding steroid dienone is 1. The molecule has 2 aromatic carbocycles. The molecule has 196 valence electrons. The van der Waals surface area contributed by atoms with Crippen molar-refractivity contribution in [2.45, 2.75) is 71.1 Å². The van der Waals surface area contributed by atoms with E-state index in [9.17, 15) is 23.1 Å². The third kappa shape index (κ3) is 7.00. The van der Waals surface area contributed by atoms with Crippen molar-refractivity contribution in [3.8, 4) is 0 Å². The number of likely N-dealkylation sites (tertiary alicyclic amines) is 1. The molecule has 0 aromatic heterocycles. The average molecular weight is 502 g/mol. The second-order valence-electron chi connectivity index (χ2n) is 10.5. The van der Waals surface area contributed by atoms with Crippen molar-refractivity contribution in [1.29, 1.82) is 0 Å². The van der Waals surface area contributed by atoms with Crippen LogP contribution in [0.1, 0.15) is 80.8 Å². The second kappa shape index (κ2) is 12.1. The number of nitrogens with zero attached hydrogens (tertiary/aromatic N) is 1. The molecule has 0 spiro atoms. The van der Waals surface area contributed by atoms with Crippen LogP contribution in [-0.4, -0.2) is 22.5 Å². The van der Waals surface area contributed by atoms with Gasteiger partial charge in [0.15, 0.2) is 0 Å². The van der Waals surface area contributed by atoms with Crippen molar-refractivity contribution in [2.75, 3.05) is 6.54 Å². The third-order valence-corrected chi connectivity index (χ3v) is 7.57. The first kappa shape index (κ1) is 28.0. The summed E-state index contributed by atoms with van der Waals surface area (Å²) >= 11 is 0. The molecule has 1 unspecified atom stereocenters. The molecule has 0 radical (unpaired) electrons. The highest BCUT2D eigenvalue weighted by Gasteiger charge is 2.38. The maximum atomic E-state index is 13.2. The Labute approximate surface area is 213 Å². The maximum Gasteiger partial charge on any atom is 0.416 e. The van der Waals surface area contributed by atoms with Gasteiger partial charge in [0.2, 0.25) is 0 Å². The van der Waals surface area contributed by atoms with Crippen LogP contribution in [0.5, 0.6) is 0 Å². The van der Waals surface area contributed by atoms with Gasteiger partial charge in [0.05, 0.1) is 11.5 Å². The number of carboxylic acid groups (broad SMARTS) is 1. The maximum absolute atomic E-state index is 13.2. The van der Waals surface area contributed by atoms with E-state index in [0.717, 1.165) is 43.4 Å². The van der Waals surface area contributed by atoms with Gasteiger partial charge in [-0.25, -0.2) is 0 Å². The highest BCUT2D eigenvalue weighted by Crippen LogP contribution is 2.44. The zero-order valence-corrected chi connectivity index (χ0v) is 21.5. The second-order valence-corrected chi connectivity index (χ2v) is 10.5. The van der Waals surface area contributed by atoms with Crippen molar-refractivity contribution >= 4 is 5.97 Å². The van der Waals surface area contributed by atoms with Gasteiger partial charge in [0.1, 0.15) is 0 Å². The molecule has 6 heteroatoms. The van der Waals surface area contributed by atoms with Crippen LogP contribution in [0.15, 0.2) is 61.2 Å². The molecular formula is C30H38F3NO2. The van der Waals surface area contributed by atoms with Crippen LogP contribution in [0.25, 0.3) is 0 Å². The molecule has 1 N–H and O–H groups in total. The molecule has 0 aliphatic carbocycles. The molecule has 36 heavy (non-hydrogen) atoms. The molecule has 1 heterocycles. The molecule has 3 nitrogen and oxygen atoms in total. The fourth-order valence-electron chi connectivity index (χ4n) is 5.32. The summed E-state index contributed by atoms with van der Waals surface area (Å²) in [5, 5.41) is 9.64. The van der Waals surface area contributed by atoms with Crippen LogP contribution in [-0.2, 0) is 17.4 Å². The summed E-state index contributed by atoms with van der Waals surface area (Å²) in [5.74, 6) is -0.849. The van der Waals surface area contributed by atoms with Crippen LogP contribution < -0.4 is 0 Å². The number of alkyl halides is 3. The summed E-state index contributed by atoms with van der Waals surface area (Å²) in [5.41, 5.74) is 2.51. The van der Waals surface area contributed by atoms with E-state index < -0.39 is 23.6 Å². The van der Waals surface area contributed by atoms with E-state index in [1.165, 1.54) is 11.1 Å². The fourth-order valence-corrected chi connectivity index (χ4v) is 5.32. The van der Waals surface area contributed by atoms with Crippen molar-refractivity contribution in [3.05, 3.63) is 83.4 Å². The monoisotopic (exact) mass is 501 g/mol. The molecule has 1 saturated heterocycles. The highest BCUT2D eigenvalue weighted by atomic mass is 19.4. The van der Waals surface area contributed by atoms with Crippen LogP contribution >= 0.6 is 0 Å². The van der Waals surface area contributed by atoms with E-state index in [1.54, 1.807) is 19.1 Å². The minimum atomic E-state index is -4.39. The van der Waals surface area contributed by atoms with E-state index in [-0.39, 0.29) is 18.0 Å². The Kier molecular flexibility index (Phi) is 9.40. The number of piperidine rings is 1. The standard InChI is InChI=1S/C30H38F3NO2/c1-5-6-22-8-10-23(11-9-22)27(16-7-20(2)3)34-18-17-25(21(4)29(35)36)19-28(34)24-12-14-26(15-13-24)30(31,32)33/h5,8-15,20-21,25,27-28H,1,6-7,16-19H2,2-4H3,(H,35,36)/t21?,25-,27-,28+/m1/s1. The lowest BCUT2D eigenvalue weighted by atomic mass is 9.78. The molecule has 0 saturated carbocycles. The number of carboxylic acids is 1. The topological polar surface area (TPSA) is 40.5 Å². The van der Waals surface area contributed by atoms with E-state index in [0.29, 0.717) is 18.9 Å². The van der Waals surface area contributed by atoms with E-state index in [1.807, 2.05) is 6.08 Å². The van der Waals surface area contributed by atoms with Crippen molar-refractivity contribution in [1.82, 2.24) is 4.90 Å². The van der Waals surface area contributed by atoms with E-state index in [4.69, 9.17) is 0 Å². The fraction of sp³-hybridized carbons (Fsp3) is 0.500. The lowest BCUT2D eigenvalue weighted by molar-refractivity contribution is -0.144. The number of rotatable bonds is 10. The molecule has 4 atom stereocenters. The number of benzene rings is 2. The molecule has 1 aliphatic heterocycles. The van der Waals surface area contributed by atoms with E-state index >= 15 is 0 Å². The van der Waals surface area contributed by atoms with Gasteiger partial charge in [0, 0.05) is 12.1 Å². The summed E-state index contributed by atoms with van der Waals surface area (Å²) < 4.78 is 39.7. The summed E-state index contributed by atoms with van der Waals surface area (Å²) in [6.45, 7) is 10.6. The molecule has 2 aromatic rings. The van der Waals surface area contributed by atoms with Gasteiger partial charge in [-0.3, -0.25) is 9.69 Å². The minimum Gasteiger partial charge on any atom is -0.481 e. The van der Waals surface area contributed by atoms with Crippen molar-refractivity contribution in [2.24, 2.45) is 17.8 Å². The molecule has 3 rings (SSSR count). The zero-order chi connectivity index (χ0) is 26.5. The summed E-state index contributed by atoms with van der Waals surface area (Å²) in [7, 11) is 0. The van der Waals surface area contributed by atoms with Gasteiger partial charge in [-0.2, -0.15) is 13.2 Å².